The van der Waals surface area contributed by atoms with Crippen molar-refractivity contribution >= 4 is 26.6 Å². The third kappa shape index (κ3) is 4.02. The highest BCUT2D eigenvalue weighted by Gasteiger charge is 2.24. The topological polar surface area (TPSA) is 80.6 Å². The fourth-order valence-corrected chi connectivity index (χ4v) is 4.82. The van der Waals surface area contributed by atoms with Crippen LogP contribution in [-0.4, -0.2) is 50.2 Å². The summed E-state index contributed by atoms with van der Waals surface area (Å²) in [7, 11) is -3.87. The van der Waals surface area contributed by atoms with Gasteiger partial charge in [-0.25, -0.2) is 17.8 Å². The van der Waals surface area contributed by atoms with Gasteiger partial charge in [-0.2, -0.15) is 0 Å². The highest BCUT2D eigenvalue weighted by molar-refractivity contribution is 7.91. The maximum absolute atomic E-state index is 13.2. The van der Waals surface area contributed by atoms with Crippen LogP contribution in [0.1, 0.15) is 0 Å². The molecule has 0 unspecified atom stereocenters. The molecule has 0 spiro atoms. The zero-order valence-corrected chi connectivity index (χ0v) is 16.4. The van der Waals surface area contributed by atoms with Gasteiger partial charge in [0.05, 0.1) is 23.0 Å². The summed E-state index contributed by atoms with van der Waals surface area (Å²) < 4.78 is 46.3. The van der Waals surface area contributed by atoms with Gasteiger partial charge in [0.1, 0.15) is 12.4 Å². The van der Waals surface area contributed by atoms with E-state index in [4.69, 9.17) is 4.74 Å². The largest absolute Gasteiger partial charge is 0.379 e. The molecule has 9 heteroatoms. The summed E-state index contributed by atoms with van der Waals surface area (Å²) in [6.07, 6.45) is 1.46. The predicted molar refractivity (Wildman–Crippen MR) is 104 cm³/mol. The molecule has 1 aromatic heterocycles. The Morgan fingerprint density at radius 1 is 1.07 bits per heavy atom. The van der Waals surface area contributed by atoms with Gasteiger partial charge in [-0.1, -0.05) is 18.2 Å². The van der Waals surface area contributed by atoms with Crippen molar-refractivity contribution < 1.29 is 22.3 Å². The van der Waals surface area contributed by atoms with Gasteiger partial charge in [0.25, 0.3) is 5.91 Å². The fraction of sp³-hybridized carbons (Fsp3) is 0.250. The van der Waals surface area contributed by atoms with Crippen LogP contribution in [-0.2, 0) is 25.9 Å². The number of amides is 1. The van der Waals surface area contributed by atoms with E-state index in [2.05, 4.69) is 5.43 Å². The van der Waals surface area contributed by atoms with Gasteiger partial charge >= 0.3 is 0 Å². The molecule has 3 aromatic rings. The molecule has 0 atom stereocenters. The minimum absolute atomic E-state index is 0.000397. The molecule has 0 saturated carbocycles. The Kier molecular flexibility index (Phi) is 5.35. The number of para-hydroxylation sites is 1. The summed E-state index contributed by atoms with van der Waals surface area (Å²) in [5.74, 6) is -0.760. The van der Waals surface area contributed by atoms with Crippen molar-refractivity contribution in [3.8, 4) is 0 Å². The predicted octanol–water partition coefficient (Wildman–Crippen LogP) is 1.98. The highest BCUT2D eigenvalue weighted by atomic mass is 32.2. The lowest BCUT2D eigenvalue weighted by Gasteiger charge is -2.27. The summed E-state index contributed by atoms with van der Waals surface area (Å²) in [6.45, 7) is 2.26. The monoisotopic (exact) mass is 417 g/mol. The number of halogens is 1. The van der Waals surface area contributed by atoms with Gasteiger partial charge in [0.15, 0.2) is 0 Å². The van der Waals surface area contributed by atoms with Crippen LogP contribution in [0.5, 0.6) is 0 Å². The molecule has 2 aromatic carbocycles. The number of nitrogens with one attached hydrogen (secondary N) is 1. The Labute approximate surface area is 167 Å². The van der Waals surface area contributed by atoms with Gasteiger partial charge in [0.2, 0.25) is 9.84 Å². The normalized spacial score (nSPS) is 15.5. The number of rotatable bonds is 5. The molecule has 0 bridgehead atoms. The van der Waals surface area contributed by atoms with E-state index in [-0.39, 0.29) is 22.2 Å². The van der Waals surface area contributed by atoms with E-state index >= 15 is 0 Å². The number of carbonyl (C=O) groups excluding carboxylic acids is 1. The second kappa shape index (κ2) is 7.94. The molecule has 1 saturated heterocycles. The lowest BCUT2D eigenvalue weighted by atomic mass is 10.2. The molecular formula is C20H20FN3O4S. The second-order valence-electron chi connectivity index (χ2n) is 6.73. The van der Waals surface area contributed by atoms with E-state index in [9.17, 15) is 17.6 Å². The number of aromatic nitrogens is 1. The van der Waals surface area contributed by atoms with Crippen LogP contribution in [0.15, 0.2) is 64.5 Å². The Bertz CT molecular complexity index is 1140. The number of hydrogen-bond acceptors (Lipinski definition) is 5. The van der Waals surface area contributed by atoms with Crippen LogP contribution in [0.2, 0.25) is 0 Å². The number of nitrogens with zero attached hydrogens (tertiary/aromatic N) is 2. The first kappa shape index (κ1) is 19.6. The van der Waals surface area contributed by atoms with Gasteiger partial charge in [-0.3, -0.25) is 10.2 Å². The summed E-state index contributed by atoms with van der Waals surface area (Å²) in [6, 6.07) is 11.7. The zero-order chi connectivity index (χ0) is 20.4. The molecule has 0 aliphatic carbocycles. The molecule has 0 radical (unpaired) electrons. The van der Waals surface area contributed by atoms with E-state index in [0.717, 1.165) is 12.1 Å². The summed E-state index contributed by atoms with van der Waals surface area (Å²) in [5, 5.41) is 2.30. The van der Waals surface area contributed by atoms with Crippen molar-refractivity contribution in [3.63, 3.8) is 0 Å². The number of carbonyl (C=O) groups is 1. The molecule has 29 heavy (non-hydrogen) atoms. The van der Waals surface area contributed by atoms with E-state index in [1.807, 2.05) is 0 Å². The van der Waals surface area contributed by atoms with Crippen molar-refractivity contribution in [1.82, 2.24) is 15.0 Å². The zero-order valence-electron chi connectivity index (χ0n) is 15.5. The summed E-state index contributed by atoms with van der Waals surface area (Å²) >= 11 is 0. The molecule has 4 rings (SSSR count). The van der Waals surface area contributed by atoms with Crippen molar-refractivity contribution in [2.75, 3.05) is 26.3 Å². The third-order valence-electron chi connectivity index (χ3n) is 4.77. The number of ether oxygens (including phenoxy) is 1. The number of fused-ring (bicyclic) bond motifs is 1. The van der Waals surface area contributed by atoms with Gasteiger partial charge < -0.3 is 9.30 Å². The molecule has 1 amide bonds. The van der Waals surface area contributed by atoms with Gasteiger partial charge in [0, 0.05) is 30.2 Å². The number of sulfone groups is 1. The smallest absolute Gasteiger partial charge is 0.254 e. The Balaban J connectivity index is 1.66. The maximum Gasteiger partial charge on any atom is 0.254 e. The Morgan fingerprint density at radius 2 is 1.76 bits per heavy atom. The van der Waals surface area contributed by atoms with Crippen molar-refractivity contribution in [1.29, 1.82) is 0 Å². The standard InChI is InChI=1S/C20H20FN3O4S/c21-15-5-7-16(8-6-15)29(26,27)19-13-23(18-4-2-1-3-17(18)19)14-20(25)22-24-9-11-28-12-10-24/h1-8,13H,9-12,14H2,(H,22,25). The minimum atomic E-state index is -3.87. The van der Waals surface area contributed by atoms with Crippen LogP contribution in [0.25, 0.3) is 10.9 Å². The average molecular weight is 417 g/mol. The second-order valence-corrected chi connectivity index (χ2v) is 8.65. The molecule has 1 fully saturated rings. The van der Waals surface area contributed by atoms with Crippen molar-refractivity contribution in [3.05, 3.63) is 60.5 Å². The van der Waals surface area contributed by atoms with E-state index in [1.54, 1.807) is 33.8 Å². The summed E-state index contributed by atoms with van der Waals surface area (Å²) in [5.41, 5.74) is 3.45. The number of hydrogen-bond donors (Lipinski definition) is 1. The van der Waals surface area contributed by atoms with Crippen LogP contribution in [0, 0.1) is 5.82 Å². The number of benzene rings is 2. The first-order valence-corrected chi connectivity index (χ1v) is 10.6. The van der Waals surface area contributed by atoms with Crippen molar-refractivity contribution in [2.45, 2.75) is 16.3 Å². The molecule has 7 nitrogen and oxygen atoms in total. The summed E-state index contributed by atoms with van der Waals surface area (Å²) in [4.78, 5) is 12.6. The Hall–Kier alpha value is -2.75. The molecule has 1 aliphatic rings. The number of hydrazine groups is 1. The van der Waals surface area contributed by atoms with Crippen LogP contribution >= 0.6 is 0 Å². The first-order valence-electron chi connectivity index (χ1n) is 9.16. The first-order chi connectivity index (χ1) is 13.9. The molecule has 1 N–H and O–H groups in total. The van der Waals surface area contributed by atoms with E-state index in [0.29, 0.717) is 37.2 Å². The molecule has 2 heterocycles. The van der Waals surface area contributed by atoms with Crippen molar-refractivity contribution in [2.24, 2.45) is 0 Å². The lowest BCUT2D eigenvalue weighted by Crippen LogP contribution is -2.49. The van der Waals surface area contributed by atoms with E-state index < -0.39 is 15.7 Å². The molecule has 1 aliphatic heterocycles. The number of morpholine rings is 1. The van der Waals surface area contributed by atoms with Crippen LogP contribution < -0.4 is 5.43 Å². The lowest BCUT2D eigenvalue weighted by molar-refractivity contribution is -0.128. The maximum atomic E-state index is 13.2. The van der Waals surface area contributed by atoms with Crippen LogP contribution in [0.4, 0.5) is 4.39 Å². The van der Waals surface area contributed by atoms with Crippen LogP contribution in [0.3, 0.4) is 0 Å². The SMILES string of the molecule is O=C(Cn1cc(S(=O)(=O)c2ccc(F)cc2)c2ccccc21)NN1CCOCC1. The minimum Gasteiger partial charge on any atom is -0.379 e. The van der Waals surface area contributed by atoms with E-state index in [1.165, 1.54) is 18.3 Å². The quantitative estimate of drug-likeness (QED) is 0.642. The highest BCUT2D eigenvalue weighted by Crippen LogP contribution is 2.30. The third-order valence-corrected chi connectivity index (χ3v) is 6.57. The van der Waals surface area contributed by atoms with Gasteiger partial charge in [-0.05, 0) is 30.3 Å². The Morgan fingerprint density at radius 3 is 2.48 bits per heavy atom. The van der Waals surface area contributed by atoms with Gasteiger partial charge in [-0.15, -0.1) is 0 Å². The molecule has 152 valence electrons. The molecular weight excluding hydrogens is 397 g/mol. The fourth-order valence-electron chi connectivity index (χ4n) is 3.34. The average Bonchev–Trinajstić information content (AvgIpc) is 3.08.